The molecule has 3 heteroatoms. The van der Waals surface area contributed by atoms with Gasteiger partial charge in [-0.05, 0) is 58.5 Å². The molecule has 0 aliphatic heterocycles. The molecule has 23 heavy (non-hydrogen) atoms. The van der Waals surface area contributed by atoms with Crippen LogP contribution in [0.25, 0.3) is 21.9 Å². The van der Waals surface area contributed by atoms with E-state index in [4.69, 9.17) is 0 Å². The summed E-state index contributed by atoms with van der Waals surface area (Å²) in [4.78, 5) is 0. The van der Waals surface area contributed by atoms with Crippen molar-refractivity contribution in [1.29, 1.82) is 0 Å². The number of aryl methyl sites for hydroxylation is 2. The zero-order chi connectivity index (χ0) is 16.3. The van der Waals surface area contributed by atoms with Crippen LogP contribution in [0.3, 0.4) is 0 Å². The Morgan fingerprint density at radius 1 is 0.783 bits per heavy atom. The Bertz CT molecular complexity index is 946. The van der Waals surface area contributed by atoms with Crippen molar-refractivity contribution in [2.75, 3.05) is 0 Å². The van der Waals surface area contributed by atoms with E-state index in [0.29, 0.717) is 11.1 Å². The Morgan fingerprint density at radius 3 is 2.09 bits per heavy atom. The molecule has 0 aromatic heterocycles. The first kappa shape index (κ1) is 14.4. The van der Waals surface area contributed by atoms with Gasteiger partial charge in [0.25, 0.3) is 0 Å². The van der Waals surface area contributed by atoms with Crippen LogP contribution in [0.4, 0.5) is 4.39 Å². The number of rotatable bonds is 0. The maximum absolute atomic E-state index is 14.3. The van der Waals surface area contributed by atoms with Crippen molar-refractivity contribution in [2.24, 2.45) is 0 Å². The lowest BCUT2D eigenvalue weighted by atomic mass is 9.76. The van der Waals surface area contributed by atoms with E-state index in [0.717, 1.165) is 27.5 Å². The molecule has 2 N–H and O–H groups in total. The molecule has 1 aliphatic rings. The zero-order valence-electron chi connectivity index (χ0n) is 13.0. The molecule has 0 fully saturated rings. The van der Waals surface area contributed by atoms with E-state index < -0.39 is 18.0 Å². The Morgan fingerprint density at radius 2 is 1.39 bits per heavy atom. The Balaban J connectivity index is 2.22. The van der Waals surface area contributed by atoms with Crippen molar-refractivity contribution >= 4 is 10.8 Å². The van der Waals surface area contributed by atoms with Gasteiger partial charge in [-0.25, -0.2) is 4.39 Å². The fourth-order valence-electron chi connectivity index (χ4n) is 3.89. The summed E-state index contributed by atoms with van der Waals surface area (Å²) < 4.78 is 14.3. The summed E-state index contributed by atoms with van der Waals surface area (Å²) in [5, 5.41) is 23.2. The second-order valence-electron chi connectivity index (χ2n) is 6.18. The van der Waals surface area contributed by atoms with Crippen LogP contribution in [0.15, 0.2) is 42.5 Å². The van der Waals surface area contributed by atoms with E-state index >= 15 is 0 Å². The van der Waals surface area contributed by atoms with Crippen molar-refractivity contribution in [1.82, 2.24) is 0 Å². The molecule has 2 unspecified atom stereocenters. The van der Waals surface area contributed by atoms with Crippen LogP contribution < -0.4 is 0 Å². The Labute approximate surface area is 133 Å². The number of aliphatic hydroxyl groups is 2. The summed E-state index contributed by atoms with van der Waals surface area (Å²) in [6.45, 7) is 3.93. The van der Waals surface area contributed by atoms with E-state index in [1.165, 1.54) is 6.07 Å². The number of halogens is 1. The van der Waals surface area contributed by atoms with Crippen molar-refractivity contribution < 1.29 is 14.6 Å². The molecule has 0 radical (unpaired) electrons. The highest BCUT2D eigenvalue weighted by molar-refractivity contribution is 5.97. The van der Waals surface area contributed by atoms with Crippen LogP contribution in [-0.4, -0.2) is 10.2 Å². The van der Waals surface area contributed by atoms with Gasteiger partial charge < -0.3 is 10.2 Å². The minimum absolute atomic E-state index is 0.185. The van der Waals surface area contributed by atoms with Gasteiger partial charge in [-0.15, -0.1) is 0 Å². The summed E-state index contributed by atoms with van der Waals surface area (Å²) in [7, 11) is 0. The lowest BCUT2D eigenvalue weighted by molar-refractivity contribution is 0.0133. The van der Waals surface area contributed by atoms with Crippen LogP contribution in [0.5, 0.6) is 0 Å². The number of benzene rings is 3. The van der Waals surface area contributed by atoms with Gasteiger partial charge in [-0.2, -0.15) is 0 Å². The van der Waals surface area contributed by atoms with Gasteiger partial charge in [0.15, 0.2) is 0 Å². The molecule has 1 aliphatic carbocycles. The lowest BCUT2D eigenvalue weighted by Gasteiger charge is -2.33. The predicted molar refractivity (Wildman–Crippen MR) is 88.7 cm³/mol. The molecule has 2 atom stereocenters. The van der Waals surface area contributed by atoms with Gasteiger partial charge in [0.1, 0.15) is 18.0 Å². The SMILES string of the molecule is Cc1c2c(c(C)c3ccccc13)C(O)C(O)c1c(F)cccc1-2. The molecule has 116 valence electrons. The van der Waals surface area contributed by atoms with E-state index in [2.05, 4.69) is 0 Å². The van der Waals surface area contributed by atoms with Crippen LogP contribution >= 0.6 is 0 Å². The third-order valence-corrected chi connectivity index (χ3v) is 5.00. The Kier molecular flexibility index (Phi) is 3.05. The van der Waals surface area contributed by atoms with Crippen molar-refractivity contribution in [3.8, 4) is 11.1 Å². The summed E-state index contributed by atoms with van der Waals surface area (Å²) in [5.41, 5.74) is 4.33. The molecule has 0 heterocycles. The minimum atomic E-state index is -1.25. The van der Waals surface area contributed by atoms with Crippen LogP contribution in [-0.2, 0) is 0 Å². The largest absolute Gasteiger partial charge is 0.385 e. The summed E-state index contributed by atoms with van der Waals surface area (Å²) in [5.74, 6) is -0.482. The summed E-state index contributed by atoms with van der Waals surface area (Å²) in [6, 6.07) is 12.8. The average molecular weight is 308 g/mol. The van der Waals surface area contributed by atoms with E-state index in [1.54, 1.807) is 6.07 Å². The molecule has 0 spiro atoms. The summed E-state index contributed by atoms with van der Waals surface area (Å²) in [6.07, 6.45) is -2.38. The molecular formula is C20H17FO2. The molecule has 0 saturated carbocycles. The van der Waals surface area contributed by atoms with Gasteiger partial charge in [-0.3, -0.25) is 0 Å². The normalized spacial score (nSPS) is 19.5. The highest BCUT2D eigenvalue weighted by atomic mass is 19.1. The smallest absolute Gasteiger partial charge is 0.129 e. The third-order valence-electron chi connectivity index (χ3n) is 5.00. The average Bonchev–Trinajstić information content (AvgIpc) is 2.56. The number of aliphatic hydroxyl groups excluding tert-OH is 2. The molecular weight excluding hydrogens is 291 g/mol. The quantitative estimate of drug-likeness (QED) is 0.648. The van der Waals surface area contributed by atoms with Crippen LogP contribution in [0, 0.1) is 19.7 Å². The predicted octanol–water partition coefficient (Wildman–Crippen LogP) is 4.34. The molecule has 0 bridgehead atoms. The first-order valence-electron chi connectivity index (χ1n) is 7.69. The number of hydrogen-bond acceptors (Lipinski definition) is 2. The minimum Gasteiger partial charge on any atom is -0.385 e. The van der Waals surface area contributed by atoms with Gasteiger partial charge in [0, 0.05) is 5.56 Å². The van der Waals surface area contributed by atoms with Gasteiger partial charge in [-0.1, -0.05) is 36.4 Å². The maximum atomic E-state index is 14.3. The van der Waals surface area contributed by atoms with Crippen molar-refractivity contribution in [3.05, 3.63) is 70.5 Å². The molecule has 4 rings (SSSR count). The number of hydrogen-bond donors (Lipinski definition) is 2. The van der Waals surface area contributed by atoms with Crippen molar-refractivity contribution in [3.63, 3.8) is 0 Å². The standard InChI is InChI=1S/C20H17FO2/c1-10-12-6-3-4-7-13(12)11(2)17-16(10)14-8-5-9-15(21)18(14)20(23)19(17)22/h3-9,19-20,22-23H,1-2H3. The molecule has 0 amide bonds. The third kappa shape index (κ3) is 1.81. The molecule has 3 aromatic carbocycles. The fraction of sp³-hybridized carbons (Fsp3) is 0.200. The van der Waals surface area contributed by atoms with Crippen molar-refractivity contribution in [2.45, 2.75) is 26.1 Å². The second-order valence-corrected chi connectivity index (χ2v) is 6.18. The summed E-state index contributed by atoms with van der Waals surface area (Å²) >= 11 is 0. The second kappa shape index (κ2) is 4.88. The van der Waals surface area contributed by atoms with Gasteiger partial charge in [0.05, 0.1) is 0 Å². The van der Waals surface area contributed by atoms with Gasteiger partial charge in [0.2, 0.25) is 0 Å². The Hall–Kier alpha value is -2.23. The van der Waals surface area contributed by atoms with Crippen LogP contribution in [0.2, 0.25) is 0 Å². The molecule has 2 nitrogen and oxygen atoms in total. The van der Waals surface area contributed by atoms with Gasteiger partial charge >= 0.3 is 0 Å². The lowest BCUT2D eigenvalue weighted by Crippen LogP contribution is -2.20. The fourth-order valence-corrected chi connectivity index (χ4v) is 3.89. The highest BCUT2D eigenvalue weighted by Crippen LogP contribution is 2.50. The number of fused-ring (bicyclic) bond motifs is 4. The zero-order valence-corrected chi connectivity index (χ0v) is 13.0. The van der Waals surface area contributed by atoms with E-state index in [9.17, 15) is 14.6 Å². The van der Waals surface area contributed by atoms with Crippen LogP contribution in [0.1, 0.15) is 34.5 Å². The highest BCUT2D eigenvalue weighted by Gasteiger charge is 2.36. The monoisotopic (exact) mass is 308 g/mol. The van der Waals surface area contributed by atoms with E-state index in [1.807, 2.05) is 44.2 Å². The first-order valence-corrected chi connectivity index (χ1v) is 7.69. The van der Waals surface area contributed by atoms with E-state index in [-0.39, 0.29) is 5.56 Å². The topological polar surface area (TPSA) is 40.5 Å². The maximum Gasteiger partial charge on any atom is 0.129 e. The molecule has 3 aromatic rings. The molecule has 0 saturated heterocycles. The first-order chi connectivity index (χ1) is 11.0.